The quantitative estimate of drug-likeness (QED) is 0.405. The number of nitrogens with one attached hydrogen (secondary N) is 1. The van der Waals surface area contributed by atoms with Crippen LogP contribution in [0.5, 0.6) is 0 Å². The molecule has 158 valence electrons. The Hall–Kier alpha value is -2.86. The van der Waals surface area contributed by atoms with Gasteiger partial charge in [-0.25, -0.2) is 4.79 Å². The second-order valence-corrected chi connectivity index (χ2v) is 7.79. The van der Waals surface area contributed by atoms with Crippen LogP contribution in [-0.4, -0.2) is 33.2 Å². The number of benzene rings is 2. The molecule has 6 heteroatoms. The normalized spacial score (nSPS) is 11.0. The van der Waals surface area contributed by atoms with Crippen LogP contribution in [-0.2, 0) is 17.8 Å². The molecule has 0 unspecified atom stereocenters. The molecule has 3 aromatic rings. The minimum atomic E-state index is -0.317. The van der Waals surface area contributed by atoms with Gasteiger partial charge in [-0.2, -0.15) is 0 Å². The number of hydrogen-bond acceptors (Lipinski definition) is 3. The molecule has 1 heterocycles. The number of para-hydroxylation sites is 1. The summed E-state index contributed by atoms with van der Waals surface area (Å²) < 4.78 is 7.31. The van der Waals surface area contributed by atoms with Crippen LogP contribution in [0.25, 0.3) is 10.9 Å². The average molecular weight is 424 g/mol. The Morgan fingerprint density at radius 1 is 1.13 bits per heavy atom. The van der Waals surface area contributed by atoms with E-state index in [2.05, 4.69) is 66.0 Å². The van der Waals surface area contributed by atoms with Gasteiger partial charge in [-0.1, -0.05) is 18.2 Å². The summed E-state index contributed by atoms with van der Waals surface area (Å²) in [4.78, 5) is 14.0. The standard InChI is InChI=1S/C24H29N3O2S/c1-5-26-15-19(21-9-7-8-10-22(21)26)16-27(17(3)4)24(30)25-20-13-11-18(12-14-20)23(28)29-6-2/h7-15,17H,5-6,16H2,1-4H3,(H,25,30). The van der Waals surface area contributed by atoms with E-state index in [9.17, 15) is 4.79 Å². The summed E-state index contributed by atoms with van der Waals surface area (Å²) in [6, 6.07) is 15.9. The number of aryl methyl sites for hydroxylation is 1. The Bertz CT molecular complexity index is 1020. The predicted octanol–water partition coefficient (Wildman–Crippen LogP) is 5.45. The molecule has 0 aliphatic rings. The maximum Gasteiger partial charge on any atom is 0.338 e. The molecular weight excluding hydrogens is 394 g/mol. The average Bonchev–Trinajstić information content (AvgIpc) is 3.10. The molecule has 0 aliphatic carbocycles. The number of anilines is 1. The van der Waals surface area contributed by atoms with Crippen molar-refractivity contribution >= 4 is 39.9 Å². The first-order chi connectivity index (χ1) is 14.4. The van der Waals surface area contributed by atoms with Crippen molar-refractivity contribution in [2.75, 3.05) is 11.9 Å². The Morgan fingerprint density at radius 3 is 2.47 bits per heavy atom. The second-order valence-electron chi connectivity index (χ2n) is 7.41. The zero-order valence-corrected chi connectivity index (χ0v) is 18.8. The van der Waals surface area contributed by atoms with Gasteiger partial charge in [-0.15, -0.1) is 0 Å². The van der Waals surface area contributed by atoms with E-state index in [1.54, 1.807) is 19.1 Å². The molecule has 0 saturated heterocycles. The minimum absolute atomic E-state index is 0.229. The third kappa shape index (κ3) is 4.82. The third-order valence-electron chi connectivity index (χ3n) is 5.08. The first-order valence-electron chi connectivity index (χ1n) is 10.4. The maximum absolute atomic E-state index is 11.8. The number of carbonyl (C=O) groups excluding carboxylic acids is 1. The van der Waals surface area contributed by atoms with E-state index < -0.39 is 0 Å². The number of ether oxygens (including phenoxy) is 1. The van der Waals surface area contributed by atoms with Gasteiger partial charge in [0.1, 0.15) is 0 Å². The first-order valence-corrected chi connectivity index (χ1v) is 10.8. The van der Waals surface area contributed by atoms with Crippen molar-refractivity contribution in [3.8, 4) is 0 Å². The largest absolute Gasteiger partial charge is 0.462 e. The van der Waals surface area contributed by atoms with Gasteiger partial charge in [0, 0.05) is 41.9 Å². The zero-order valence-electron chi connectivity index (χ0n) is 18.0. The van der Waals surface area contributed by atoms with Crippen LogP contribution in [0.4, 0.5) is 5.69 Å². The summed E-state index contributed by atoms with van der Waals surface area (Å²) in [6.45, 7) is 10.2. The molecule has 0 spiro atoms. The van der Waals surface area contributed by atoms with Crippen molar-refractivity contribution in [1.29, 1.82) is 0 Å². The number of rotatable bonds is 7. The highest BCUT2D eigenvalue weighted by Crippen LogP contribution is 2.24. The van der Waals surface area contributed by atoms with Crippen LogP contribution in [0, 0.1) is 0 Å². The molecule has 0 atom stereocenters. The second kappa shape index (κ2) is 9.76. The summed E-state index contributed by atoms with van der Waals surface area (Å²) >= 11 is 5.73. The van der Waals surface area contributed by atoms with E-state index in [4.69, 9.17) is 17.0 Å². The Morgan fingerprint density at radius 2 is 1.83 bits per heavy atom. The van der Waals surface area contributed by atoms with E-state index in [1.807, 2.05) is 12.1 Å². The molecule has 1 N–H and O–H groups in total. The van der Waals surface area contributed by atoms with E-state index >= 15 is 0 Å². The molecule has 3 rings (SSSR count). The third-order valence-corrected chi connectivity index (χ3v) is 5.42. The van der Waals surface area contributed by atoms with Crippen LogP contribution < -0.4 is 5.32 Å². The van der Waals surface area contributed by atoms with Crippen molar-refractivity contribution in [1.82, 2.24) is 9.47 Å². The van der Waals surface area contributed by atoms with Gasteiger partial charge in [0.25, 0.3) is 0 Å². The molecule has 0 saturated carbocycles. The van der Waals surface area contributed by atoms with Crippen molar-refractivity contribution < 1.29 is 9.53 Å². The van der Waals surface area contributed by atoms with E-state index in [-0.39, 0.29) is 12.0 Å². The van der Waals surface area contributed by atoms with Crippen LogP contribution in [0.2, 0.25) is 0 Å². The molecule has 30 heavy (non-hydrogen) atoms. The SMILES string of the molecule is CCOC(=O)c1ccc(NC(=S)N(Cc2cn(CC)c3ccccc23)C(C)C)cc1. The molecule has 1 aromatic heterocycles. The number of hydrogen-bond donors (Lipinski definition) is 1. The van der Waals surface area contributed by atoms with Crippen molar-refractivity contribution in [2.45, 2.75) is 46.8 Å². The van der Waals surface area contributed by atoms with Gasteiger partial charge in [0.15, 0.2) is 5.11 Å². The van der Waals surface area contributed by atoms with Gasteiger partial charge in [-0.3, -0.25) is 0 Å². The highest BCUT2D eigenvalue weighted by atomic mass is 32.1. The predicted molar refractivity (Wildman–Crippen MR) is 127 cm³/mol. The summed E-state index contributed by atoms with van der Waals surface area (Å²) in [5.41, 5.74) is 3.87. The number of esters is 1. The molecule has 0 aliphatic heterocycles. The van der Waals surface area contributed by atoms with Gasteiger partial charge in [0.2, 0.25) is 0 Å². The lowest BCUT2D eigenvalue weighted by Gasteiger charge is -2.29. The van der Waals surface area contributed by atoms with Gasteiger partial charge < -0.3 is 19.5 Å². The van der Waals surface area contributed by atoms with Crippen molar-refractivity contribution in [3.05, 3.63) is 65.9 Å². The van der Waals surface area contributed by atoms with Crippen LogP contribution in [0.15, 0.2) is 54.7 Å². The Kier molecular flexibility index (Phi) is 7.11. The monoisotopic (exact) mass is 423 g/mol. The maximum atomic E-state index is 11.8. The topological polar surface area (TPSA) is 46.5 Å². The smallest absolute Gasteiger partial charge is 0.338 e. The lowest BCUT2D eigenvalue weighted by molar-refractivity contribution is 0.0526. The molecule has 0 amide bonds. The van der Waals surface area contributed by atoms with E-state index in [1.165, 1.54) is 16.5 Å². The van der Waals surface area contributed by atoms with Crippen LogP contribution in [0.3, 0.4) is 0 Å². The summed E-state index contributed by atoms with van der Waals surface area (Å²) in [5.74, 6) is -0.317. The summed E-state index contributed by atoms with van der Waals surface area (Å²) in [6.07, 6.45) is 2.22. The molecule has 0 bridgehead atoms. The lowest BCUT2D eigenvalue weighted by atomic mass is 10.1. The molecule has 5 nitrogen and oxygen atoms in total. The highest BCUT2D eigenvalue weighted by Gasteiger charge is 2.17. The number of carbonyl (C=O) groups is 1. The van der Waals surface area contributed by atoms with E-state index in [0.717, 1.165) is 18.8 Å². The van der Waals surface area contributed by atoms with Gasteiger partial charge in [-0.05, 0) is 75.8 Å². The van der Waals surface area contributed by atoms with Crippen LogP contribution in [0.1, 0.15) is 43.6 Å². The van der Waals surface area contributed by atoms with Crippen LogP contribution >= 0.6 is 12.2 Å². The summed E-state index contributed by atoms with van der Waals surface area (Å²) in [5, 5.41) is 5.22. The fourth-order valence-electron chi connectivity index (χ4n) is 3.48. The number of aromatic nitrogens is 1. The van der Waals surface area contributed by atoms with Gasteiger partial charge >= 0.3 is 5.97 Å². The molecule has 2 aromatic carbocycles. The lowest BCUT2D eigenvalue weighted by Crippen LogP contribution is -2.39. The number of fused-ring (bicyclic) bond motifs is 1. The Labute approximate surface area is 183 Å². The molecular formula is C24H29N3O2S. The van der Waals surface area contributed by atoms with Crippen molar-refractivity contribution in [3.63, 3.8) is 0 Å². The zero-order chi connectivity index (χ0) is 21.7. The van der Waals surface area contributed by atoms with E-state index in [0.29, 0.717) is 17.3 Å². The minimum Gasteiger partial charge on any atom is -0.462 e. The number of thiocarbonyl (C=S) groups is 1. The summed E-state index contributed by atoms with van der Waals surface area (Å²) in [7, 11) is 0. The van der Waals surface area contributed by atoms with Crippen molar-refractivity contribution in [2.24, 2.45) is 0 Å². The fourth-order valence-corrected chi connectivity index (χ4v) is 3.88. The number of nitrogens with zero attached hydrogens (tertiary/aromatic N) is 2. The fraction of sp³-hybridized carbons (Fsp3) is 0.333. The first kappa shape index (κ1) is 21.8. The highest BCUT2D eigenvalue weighted by molar-refractivity contribution is 7.80. The molecule has 0 radical (unpaired) electrons. The molecule has 0 fully saturated rings. The Balaban J connectivity index is 1.77. The van der Waals surface area contributed by atoms with Gasteiger partial charge in [0.05, 0.1) is 12.2 Å².